The SMILES string of the molecule is CCOC(=O)c1sc(NCC2CCCCO2)cc1N. The number of carbonyl (C=O) groups is 1. The third-order valence-electron chi connectivity index (χ3n) is 3.00. The molecule has 1 unspecified atom stereocenters. The standard InChI is InChI=1S/C13H20N2O3S/c1-2-17-13(16)12-10(14)7-11(19-12)15-8-9-5-3-4-6-18-9/h7,9,15H,2-6,8,14H2,1H3. The van der Waals surface area contributed by atoms with E-state index in [0.717, 1.165) is 31.0 Å². The maximum atomic E-state index is 11.6. The minimum atomic E-state index is -0.355. The first kappa shape index (κ1) is 14.1. The molecular weight excluding hydrogens is 264 g/mol. The summed E-state index contributed by atoms with van der Waals surface area (Å²) in [5, 5.41) is 4.16. The average molecular weight is 284 g/mol. The van der Waals surface area contributed by atoms with Crippen LogP contribution in [0.2, 0.25) is 0 Å². The fourth-order valence-corrected chi connectivity index (χ4v) is 2.91. The highest BCUT2D eigenvalue weighted by Gasteiger charge is 2.17. The van der Waals surface area contributed by atoms with Crippen molar-refractivity contribution in [1.82, 2.24) is 0 Å². The summed E-state index contributed by atoms with van der Waals surface area (Å²) < 4.78 is 10.6. The summed E-state index contributed by atoms with van der Waals surface area (Å²) in [4.78, 5) is 12.1. The third-order valence-corrected chi connectivity index (χ3v) is 4.09. The average Bonchev–Trinajstić information content (AvgIpc) is 2.79. The molecule has 3 N–H and O–H groups in total. The van der Waals surface area contributed by atoms with Crippen molar-refractivity contribution in [3.8, 4) is 0 Å². The minimum absolute atomic E-state index is 0.253. The van der Waals surface area contributed by atoms with E-state index < -0.39 is 0 Å². The fourth-order valence-electron chi connectivity index (χ4n) is 2.03. The Morgan fingerprint density at radius 3 is 3.16 bits per heavy atom. The van der Waals surface area contributed by atoms with Gasteiger partial charge in [-0.25, -0.2) is 4.79 Å². The normalized spacial score (nSPS) is 19.1. The molecule has 0 bridgehead atoms. The fraction of sp³-hybridized carbons (Fsp3) is 0.615. The van der Waals surface area contributed by atoms with Gasteiger partial charge in [0.2, 0.25) is 0 Å². The first-order valence-electron chi connectivity index (χ1n) is 6.62. The van der Waals surface area contributed by atoms with Gasteiger partial charge in [0, 0.05) is 13.2 Å². The number of rotatable bonds is 5. The van der Waals surface area contributed by atoms with Gasteiger partial charge in [0.05, 0.1) is 23.4 Å². The molecule has 2 heterocycles. The second-order valence-electron chi connectivity index (χ2n) is 4.49. The van der Waals surface area contributed by atoms with Crippen LogP contribution in [-0.2, 0) is 9.47 Å². The number of nitrogen functional groups attached to an aromatic ring is 1. The molecular formula is C13H20N2O3S. The summed E-state index contributed by atoms with van der Waals surface area (Å²) in [6, 6.07) is 1.78. The van der Waals surface area contributed by atoms with Gasteiger partial charge in [0.1, 0.15) is 4.88 Å². The number of nitrogens with one attached hydrogen (secondary N) is 1. The predicted octanol–water partition coefficient (Wildman–Crippen LogP) is 2.49. The molecule has 1 atom stereocenters. The lowest BCUT2D eigenvalue weighted by atomic mass is 10.1. The molecule has 1 fully saturated rings. The van der Waals surface area contributed by atoms with Gasteiger partial charge in [-0.1, -0.05) is 0 Å². The molecule has 1 saturated heterocycles. The van der Waals surface area contributed by atoms with Crippen molar-refractivity contribution in [2.75, 3.05) is 30.8 Å². The highest BCUT2D eigenvalue weighted by atomic mass is 32.1. The molecule has 1 aromatic rings. The van der Waals surface area contributed by atoms with Crippen LogP contribution in [0.5, 0.6) is 0 Å². The summed E-state index contributed by atoms with van der Waals surface area (Å²) >= 11 is 1.33. The van der Waals surface area contributed by atoms with E-state index >= 15 is 0 Å². The molecule has 1 aromatic heterocycles. The molecule has 2 rings (SSSR count). The first-order chi connectivity index (χ1) is 9.20. The van der Waals surface area contributed by atoms with Crippen molar-refractivity contribution in [2.24, 2.45) is 0 Å². The summed E-state index contributed by atoms with van der Waals surface area (Å²) in [5.74, 6) is -0.355. The lowest BCUT2D eigenvalue weighted by Gasteiger charge is -2.22. The molecule has 0 amide bonds. The van der Waals surface area contributed by atoms with E-state index in [0.29, 0.717) is 17.2 Å². The molecule has 106 valence electrons. The van der Waals surface area contributed by atoms with Crippen molar-refractivity contribution in [3.05, 3.63) is 10.9 Å². The highest BCUT2D eigenvalue weighted by molar-refractivity contribution is 7.18. The lowest BCUT2D eigenvalue weighted by molar-refractivity contribution is 0.0248. The zero-order chi connectivity index (χ0) is 13.7. The number of hydrogen-bond donors (Lipinski definition) is 2. The van der Waals surface area contributed by atoms with Crippen LogP contribution in [0.25, 0.3) is 0 Å². The Hall–Kier alpha value is -1.27. The number of esters is 1. The molecule has 0 aromatic carbocycles. The quantitative estimate of drug-likeness (QED) is 0.813. The Labute approximate surface area is 117 Å². The molecule has 6 heteroatoms. The Balaban J connectivity index is 1.90. The van der Waals surface area contributed by atoms with Gasteiger partial charge in [0.15, 0.2) is 0 Å². The van der Waals surface area contributed by atoms with Crippen molar-refractivity contribution >= 4 is 28.0 Å². The van der Waals surface area contributed by atoms with Crippen LogP contribution in [0.15, 0.2) is 6.07 Å². The van der Waals surface area contributed by atoms with Crippen LogP contribution in [0.4, 0.5) is 10.7 Å². The zero-order valence-electron chi connectivity index (χ0n) is 11.1. The Morgan fingerprint density at radius 1 is 1.63 bits per heavy atom. The van der Waals surface area contributed by atoms with E-state index in [-0.39, 0.29) is 12.1 Å². The number of thiophene rings is 1. The number of nitrogens with two attached hydrogens (primary N) is 1. The van der Waals surface area contributed by atoms with E-state index in [1.54, 1.807) is 13.0 Å². The number of anilines is 2. The maximum absolute atomic E-state index is 11.6. The van der Waals surface area contributed by atoms with Gasteiger partial charge in [-0.3, -0.25) is 0 Å². The van der Waals surface area contributed by atoms with Crippen LogP contribution >= 0.6 is 11.3 Å². The zero-order valence-corrected chi connectivity index (χ0v) is 11.9. The smallest absolute Gasteiger partial charge is 0.350 e. The summed E-state index contributed by atoms with van der Waals surface area (Å²) in [5.41, 5.74) is 6.29. The van der Waals surface area contributed by atoms with Crippen LogP contribution in [0.1, 0.15) is 35.9 Å². The Morgan fingerprint density at radius 2 is 2.47 bits per heavy atom. The van der Waals surface area contributed by atoms with Gasteiger partial charge in [0.25, 0.3) is 0 Å². The number of carbonyl (C=O) groups excluding carboxylic acids is 1. The van der Waals surface area contributed by atoms with Crippen LogP contribution < -0.4 is 11.1 Å². The van der Waals surface area contributed by atoms with Crippen molar-refractivity contribution in [1.29, 1.82) is 0 Å². The Bertz CT molecular complexity index is 428. The van der Waals surface area contributed by atoms with E-state index in [2.05, 4.69) is 5.32 Å². The molecule has 0 saturated carbocycles. The number of ether oxygens (including phenoxy) is 2. The van der Waals surface area contributed by atoms with E-state index in [4.69, 9.17) is 15.2 Å². The van der Waals surface area contributed by atoms with Crippen LogP contribution in [0, 0.1) is 0 Å². The van der Waals surface area contributed by atoms with Gasteiger partial charge < -0.3 is 20.5 Å². The molecule has 1 aliphatic heterocycles. The largest absolute Gasteiger partial charge is 0.462 e. The van der Waals surface area contributed by atoms with Crippen LogP contribution in [0.3, 0.4) is 0 Å². The molecule has 5 nitrogen and oxygen atoms in total. The summed E-state index contributed by atoms with van der Waals surface area (Å²) in [6.07, 6.45) is 3.70. The summed E-state index contributed by atoms with van der Waals surface area (Å²) in [7, 11) is 0. The van der Waals surface area contributed by atoms with Gasteiger partial charge in [-0.15, -0.1) is 11.3 Å². The van der Waals surface area contributed by atoms with Crippen LogP contribution in [-0.4, -0.2) is 31.8 Å². The minimum Gasteiger partial charge on any atom is -0.462 e. The van der Waals surface area contributed by atoms with Crippen molar-refractivity contribution in [3.63, 3.8) is 0 Å². The molecule has 0 radical (unpaired) electrons. The highest BCUT2D eigenvalue weighted by Crippen LogP contribution is 2.30. The van der Waals surface area contributed by atoms with E-state index in [1.807, 2.05) is 0 Å². The van der Waals surface area contributed by atoms with Gasteiger partial charge in [-0.2, -0.15) is 0 Å². The predicted molar refractivity (Wildman–Crippen MR) is 76.8 cm³/mol. The van der Waals surface area contributed by atoms with Gasteiger partial charge in [-0.05, 0) is 32.3 Å². The topological polar surface area (TPSA) is 73.6 Å². The Kier molecular flexibility index (Phi) is 5.04. The van der Waals surface area contributed by atoms with Crippen molar-refractivity contribution < 1.29 is 14.3 Å². The van der Waals surface area contributed by atoms with Gasteiger partial charge >= 0.3 is 5.97 Å². The second kappa shape index (κ2) is 6.77. The molecule has 1 aliphatic rings. The van der Waals surface area contributed by atoms with E-state index in [9.17, 15) is 4.79 Å². The maximum Gasteiger partial charge on any atom is 0.350 e. The number of hydrogen-bond acceptors (Lipinski definition) is 6. The first-order valence-corrected chi connectivity index (χ1v) is 7.44. The van der Waals surface area contributed by atoms with Crippen molar-refractivity contribution in [2.45, 2.75) is 32.3 Å². The van der Waals surface area contributed by atoms with E-state index in [1.165, 1.54) is 17.8 Å². The second-order valence-corrected chi connectivity index (χ2v) is 5.54. The summed E-state index contributed by atoms with van der Waals surface area (Å²) in [6.45, 7) is 3.73. The molecule has 0 aliphatic carbocycles. The monoisotopic (exact) mass is 284 g/mol. The molecule has 0 spiro atoms. The third kappa shape index (κ3) is 3.84. The molecule has 19 heavy (non-hydrogen) atoms. The lowest BCUT2D eigenvalue weighted by Crippen LogP contribution is -2.26.